The Morgan fingerprint density at radius 1 is 1.02 bits per heavy atom. The van der Waals surface area contributed by atoms with Crippen LogP contribution in [0.2, 0.25) is 0 Å². The summed E-state index contributed by atoms with van der Waals surface area (Å²) < 4.78 is 5.53. The van der Waals surface area contributed by atoms with E-state index in [1.54, 1.807) is 42.5 Å². The Hall–Kier alpha value is -4.65. The van der Waals surface area contributed by atoms with Gasteiger partial charge in [-0.1, -0.05) is 30.3 Å². The minimum Gasteiger partial charge on any atom is -0.484 e. The van der Waals surface area contributed by atoms with Gasteiger partial charge in [-0.2, -0.15) is 0 Å². The van der Waals surface area contributed by atoms with E-state index in [-0.39, 0.29) is 18.9 Å². The molecule has 1 heterocycles. The second-order valence-corrected chi connectivity index (χ2v) is 12.6. The van der Waals surface area contributed by atoms with E-state index in [1.165, 1.54) is 4.90 Å². The predicted octanol–water partition coefficient (Wildman–Crippen LogP) is 0.486. The summed E-state index contributed by atoms with van der Waals surface area (Å²) in [4.78, 5) is 67.9. The van der Waals surface area contributed by atoms with E-state index >= 15 is 0 Å². The normalized spacial score (nSPS) is 16.5. The summed E-state index contributed by atoms with van der Waals surface area (Å²) in [7, 11) is 3.78. The average Bonchev–Trinajstić information content (AvgIpc) is 3.49. The molecule has 46 heavy (non-hydrogen) atoms. The van der Waals surface area contributed by atoms with Crippen LogP contribution in [0.5, 0.6) is 5.75 Å². The van der Waals surface area contributed by atoms with Crippen LogP contribution in [0.15, 0.2) is 54.6 Å². The van der Waals surface area contributed by atoms with Gasteiger partial charge in [0.05, 0.1) is 12.5 Å². The van der Waals surface area contributed by atoms with Crippen LogP contribution in [0.3, 0.4) is 0 Å². The molecule has 13 heteroatoms. The Bertz CT molecular complexity index is 1360. The first-order chi connectivity index (χ1) is 21.6. The number of primary amides is 1. The van der Waals surface area contributed by atoms with Gasteiger partial charge in [0.15, 0.2) is 12.7 Å². The van der Waals surface area contributed by atoms with E-state index in [2.05, 4.69) is 16.0 Å². The molecule has 1 aliphatic rings. The van der Waals surface area contributed by atoms with Gasteiger partial charge in [-0.05, 0) is 69.9 Å². The Labute approximate surface area is 269 Å². The van der Waals surface area contributed by atoms with Crippen molar-refractivity contribution in [2.24, 2.45) is 5.73 Å². The molecule has 1 aliphatic heterocycles. The first-order valence-electron chi connectivity index (χ1n) is 15.3. The minimum absolute atomic E-state index is 0.0511. The molecule has 1 fully saturated rings. The molecule has 3 rings (SSSR count). The van der Waals surface area contributed by atoms with Crippen LogP contribution in [0.25, 0.3) is 0 Å². The van der Waals surface area contributed by atoms with Crippen molar-refractivity contribution in [2.75, 3.05) is 32.1 Å². The number of aliphatic hydroxyl groups is 1. The molecular formula is C33H46N6O7. The molecule has 2 aromatic rings. The van der Waals surface area contributed by atoms with Gasteiger partial charge < -0.3 is 41.3 Å². The summed E-state index contributed by atoms with van der Waals surface area (Å²) in [6, 6.07) is 12.6. The maximum atomic E-state index is 13.6. The molecule has 0 aromatic heterocycles. The number of nitrogens with one attached hydrogen (secondary N) is 3. The summed E-state index contributed by atoms with van der Waals surface area (Å²) >= 11 is 0. The average molecular weight is 639 g/mol. The van der Waals surface area contributed by atoms with Crippen molar-refractivity contribution in [3.63, 3.8) is 0 Å². The second kappa shape index (κ2) is 16.1. The van der Waals surface area contributed by atoms with Gasteiger partial charge in [-0.15, -0.1) is 0 Å². The maximum absolute atomic E-state index is 13.6. The topological polar surface area (TPSA) is 183 Å². The number of hydrogen-bond donors (Lipinski definition) is 5. The van der Waals surface area contributed by atoms with E-state index in [0.717, 1.165) is 5.69 Å². The summed E-state index contributed by atoms with van der Waals surface area (Å²) in [6.07, 6.45) is -1.20. The van der Waals surface area contributed by atoms with Crippen LogP contribution in [-0.2, 0) is 30.4 Å². The van der Waals surface area contributed by atoms with E-state index in [4.69, 9.17) is 10.5 Å². The van der Waals surface area contributed by atoms with Crippen LogP contribution >= 0.6 is 0 Å². The number of carbonyl (C=O) groups excluding carboxylic acids is 5. The van der Waals surface area contributed by atoms with Gasteiger partial charge in [-0.25, -0.2) is 0 Å². The molecule has 5 amide bonds. The highest BCUT2D eigenvalue weighted by Gasteiger charge is 2.40. The predicted molar refractivity (Wildman–Crippen MR) is 173 cm³/mol. The summed E-state index contributed by atoms with van der Waals surface area (Å²) in [5, 5.41) is 19.4. The van der Waals surface area contributed by atoms with Gasteiger partial charge in [0.25, 0.3) is 11.8 Å². The molecule has 13 nitrogen and oxygen atoms in total. The fourth-order valence-electron chi connectivity index (χ4n) is 5.13. The van der Waals surface area contributed by atoms with Gasteiger partial charge >= 0.3 is 0 Å². The fourth-order valence-corrected chi connectivity index (χ4v) is 5.13. The summed E-state index contributed by atoms with van der Waals surface area (Å²) in [6.45, 7) is 5.33. The molecule has 1 saturated heterocycles. The Kier molecular flexibility index (Phi) is 12.5. The van der Waals surface area contributed by atoms with Crippen molar-refractivity contribution in [2.45, 2.75) is 76.2 Å². The van der Waals surface area contributed by atoms with Gasteiger partial charge in [-0.3, -0.25) is 24.0 Å². The van der Waals surface area contributed by atoms with Crippen LogP contribution in [0.4, 0.5) is 5.69 Å². The first-order valence-corrected chi connectivity index (χ1v) is 15.3. The molecule has 0 radical (unpaired) electrons. The van der Waals surface area contributed by atoms with E-state index in [1.807, 2.05) is 51.9 Å². The Morgan fingerprint density at radius 3 is 2.26 bits per heavy atom. The van der Waals surface area contributed by atoms with Crippen molar-refractivity contribution < 1.29 is 33.8 Å². The third kappa shape index (κ3) is 10.8. The van der Waals surface area contributed by atoms with Crippen molar-refractivity contribution in [1.29, 1.82) is 0 Å². The molecule has 250 valence electrons. The van der Waals surface area contributed by atoms with Crippen molar-refractivity contribution >= 4 is 35.2 Å². The zero-order valence-electron chi connectivity index (χ0n) is 27.1. The zero-order valence-corrected chi connectivity index (χ0v) is 27.1. The SMILES string of the molecule is CN(C)c1ccc(OCC(=O)N[C@@H](CC(N)=O)C(=O)N[C@@H](Cc2ccccc2)[C@H](O)C(=O)N2CCC[C@H]2C(=O)NC(C)(C)C)cc1. The third-order valence-corrected chi connectivity index (χ3v) is 7.38. The molecule has 2 aromatic carbocycles. The van der Waals surface area contributed by atoms with Gasteiger partial charge in [0.2, 0.25) is 17.7 Å². The summed E-state index contributed by atoms with van der Waals surface area (Å²) in [5.41, 5.74) is 6.53. The number of benzene rings is 2. The van der Waals surface area contributed by atoms with Gasteiger partial charge in [0.1, 0.15) is 17.8 Å². The van der Waals surface area contributed by atoms with E-state index in [9.17, 15) is 29.1 Å². The lowest BCUT2D eigenvalue weighted by Gasteiger charge is -2.32. The van der Waals surface area contributed by atoms with Crippen LogP contribution in [0.1, 0.15) is 45.6 Å². The Balaban J connectivity index is 1.74. The molecular weight excluding hydrogens is 592 g/mol. The molecule has 0 saturated carbocycles. The molecule has 6 N–H and O–H groups in total. The number of nitrogens with two attached hydrogens (primary N) is 1. The number of aliphatic hydroxyl groups excluding tert-OH is 1. The fraction of sp³-hybridized carbons (Fsp3) is 0.485. The van der Waals surface area contributed by atoms with Crippen LogP contribution < -0.4 is 31.3 Å². The number of nitrogens with zero attached hydrogens (tertiary/aromatic N) is 2. The smallest absolute Gasteiger partial charge is 0.258 e. The Morgan fingerprint density at radius 2 is 1.67 bits per heavy atom. The standard InChI is InChI=1S/C33H46N6O7/c1-33(2,3)37-31(44)26-12-9-17-39(26)32(45)29(42)24(18-21-10-7-6-8-11-21)36-30(43)25(19-27(34)40)35-28(41)20-46-23-15-13-22(14-16-23)38(4)5/h6-8,10-11,13-16,24-26,29,42H,9,12,17-20H2,1-5H3,(H2,34,40)(H,35,41)(H,36,43)(H,37,44)/t24-,25-,26-,29-/m0/s1. The van der Waals surface area contributed by atoms with Gasteiger partial charge in [0, 0.05) is 31.9 Å². The van der Waals surface area contributed by atoms with Crippen molar-refractivity contribution in [3.05, 3.63) is 60.2 Å². The second-order valence-electron chi connectivity index (χ2n) is 12.6. The number of ether oxygens (including phenoxy) is 1. The number of amides is 5. The lowest BCUT2D eigenvalue weighted by Crippen LogP contribution is -2.59. The van der Waals surface area contributed by atoms with Crippen molar-refractivity contribution in [3.8, 4) is 5.75 Å². The number of hydrogen-bond acceptors (Lipinski definition) is 8. The number of carbonyl (C=O) groups is 5. The zero-order chi connectivity index (χ0) is 34.0. The van der Waals surface area contributed by atoms with Crippen molar-refractivity contribution in [1.82, 2.24) is 20.9 Å². The van der Waals surface area contributed by atoms with Crippen LogP contribution in [-0.4, -0.2) is 96.6 Å². The molecule has 0 unspecified atom stereocenters. The highest BCUT2D eigenvalue weighted by atomic mass is 16.5. The largest absolute Gasteiger partial charge is 0.484 e. The molecule has 4 atom stereocenters. The minimum atomic E-state index is -1.73. The molecule has 0 bridgehead atoms. The highest BCUT2D eigenvalue weighted by Crippen LogP contribution is 2.21. The monoisotopic (exact) mass is 638 g/mol. The number of likely N-dealkylation sites (tertiary alicyclic amines) is 1. The summed E-state index contributed by atoms with van der Waals surface area (Å²) in [5.74, 6) is -2.96. The van der Waals surface area contributed by atoms with E-state index in [0.29, 0.717) is 24.2 Å². The lowest BCUT2D eigenvalue weighted by atomic mass is 9.99. The highest BCUT2D eigenvalue weighted by molar-refractivity contribution is 5.93. The third-order valence-electron chi connectivity index (χ3n) is 7.38. The first kappa shape index (κ1) is 35.8. The van der Waals surface area contributed by atoms with Crippen LogP contribution in [0, 0.1) is 0 Å². The maximum Gasteiger partial charge on any atom is 0.258 e. The molecule has 0 spiro atoms. The number of anilines is 1. The number of rotatable bonds is 14. The molecule has 0 aliphatic carbocycles. The van der Waals surface area contributed by atoms with E-state index < -0.39 is 66.4 Å². The lowest BCUT2D eigenvalue weighted by molar-refractivity contribution is -0.147. The quantitative estimate of drug-likeness (QED) is 0.198.